The van der Waals surface area contributed by atoms with Crippen LogP contribution in [0.4, 0.5) is 8.78 Å². The first kappa shape index (κ1) is 20.2. The van der Waals surface area contributed by atoms with Crippen LogP contribution in [0.15, 0.2) is 66.7 Å². The highest BCUT2D eigenvalue weighted by Gasteiger charge is 2.26. The highest BCUT2D eigenvalue weighted by molar-refractivity contribution is 5.98. The molecule has 3 aromatic rings. The maximum absolute atomic E-state index is 14.3. The summed E-state index contributed by atoms with van der Waals surface area (Å²) in [5.74, 6) is -4.17. The summed E-state index contributed by atoms with van der Waals surface area (Å²) in [6.45, 7) is 1.12. The van der Waals surface area contributed by atoms with E-state index in [0.717, 1.165) is 0 Å². The normalized spacial score (nSPS) is 10.4. The number of carbonyl (C=O) groups is 2. The first-order valence-electron chi connectivity index (χ1n) is 8.88. The van der Waals surface area contributed by atoms with Gasteiger partial charge in [0.05, 0.1) is 11.1 Å². The third kappa shape index (κ3) is 4.85. The van der Waals surface area contributed by atoms with Gasteiger partial charge < -0.3 is 9.47 Å². The topological polar surface area (TPSA) is 52.6 Å². The van der Waals surface area contributed by atoms with Crippen LogP contribution in [0, 0.1) is 18.6 Å². The van der Waals surface area contributed by atoms with Gasteiger partial charge in [-0.1, -0.05) is 60.7 Å². The van der Waals surface area contributed by atoms with Crippen molar-refractivity contribution in [1.29, 1.82) is 0 Å². The monoisotopic (exact) mass is 396 g/mol. The lowest BCUT2D eigenvalue weighted by molar-refractivity contribution is 0.0461. The molecule has 0 aliphatic heterocycles. The highest BCUT2D eigenvalue weighted by Crippen LogP contribution is 2.24. The van der Waals surface area contributed by atoms with Crippen molar-refractivity contribution in [3.63, 3.8) is 0 Å². The quantitative estimate of drug-likeness (QED) is 0.551. The van der Waals surface area contributed by atoms with Gasteiger partial charge >= 0.3 is 11.9 Å². The number of benzene rings is 3. The molecule has 0 aliphatic rings. The van der Waals surface area contributed by atoms with Crippen molar-refractivity contribution in [3.8, 4) is 0 Å². The third-order valence-corrected chi connectivity index (χ3v) is 4.31. The van der Waals surface area contributed by atoms with Crippen LogP contribution in [0.5, 0.6) is 0 Å². The van der Waals surface area contributed by atoms with Crippen LogP contribution in [-0.2, 0) is 22.7 Å². The van der Waals surface area contributed by atoms with E-state index in [-0.39, 0.29) is 18.8 Å². The Morgan fingerprint density at radius 3 is 1.48 bits per heavy atom. The van der Waals surface area contributed by atoms with E-state index in [1.807, 2.05) is 12.1 Å². The Hall–Kier alpha value is -3.54. The van der Waals surface area contributed by atoms with E-state index in [1.54, 1.807) is 48.5 Å². The van der Waals surface area contributed by atoms with Gasteiger partial charge in [0.1, 0.15) is 24.8 Å². The van der Waals surface area contributed by atoms with Crippen molar-refractivity contribution in [2.45, 2.75) is 20.1 Å². The number of halogens is 2. The Labute approximate surface area is 166 Å². The zero-order valence-electron chi connectivity index (χ0n) is 15.7. The van der Waals surface area contributed by atoms with Crippen molar-refractivity contribution in [3.05, 3.63) is 106 Å². The molecule has 0 aromatic heterocycles. The van der Waals surface area contributed by atoms with E-state index in [9.17, 15) is 18.4 Å². The van der Waals surface area contributed by atoms with Crippen LogP contribution in [-0.4, -0.2) is 11.9 Å². The summed E-state index contributed by atoms with van der Waals surface area (Å²) in [6, 6.07) is 18.2. The Morgan fingerprint density at radius 1 is 0.724 bits per heavy atom. The molecule has 0 aliphatic carbocycles. The van der Waals surface area contributed by atoms with Crippen LogP contribution in [0.25, 0.3) is 0 Å². The highest BCUT2D eigenvalue weighted by atomic mass is 19.1. The van der Waals surface area contributed by atoms with Gasteiger partial charge in [-0.05, 0) is 23.6 Å². The van der Waals surface area contributed by atoms with E-state index < -0.39 is 34.7 Å². The zero-order valence-corrected chi connectivity index (χ0v) is 15.7. The fraction of sp³-hybridized carbons (Fsp3) is 0.130. The predicted molar refractivity (Wildman–Crippen MR) is 102 cm³/mol. The van der Waals surface area contributed by atoms with Crippen LogP contribution in [0.2, 0.25) is 0 Å². The van der Waals surface area contributed by atoms with Crippen molar-refractivity contribution >= 4 is 11.9 Å². The summed E-state index contributed by atoms with van der Waals surface area (Å²) in [5.41, 5.74) is 0.272. The Bertz CT molecular complexity index is 938. The molecular formula is C23H18F2O4. The maximum Gasteiger partial charge on any atom is 0.341 e. The zero-order chi connectivity index (χ0) is 20.8. The Balaban J connectivity index is 1.79. The van der Waals surface area contributed by atoms with Gasteiger partial charge in [0.25, 0.3) is 0 Å². The second-order valence-corrected chi connectivity index (χ2v) is 6.34. The van der Waals surface area contributed by atoms with Crippen molar-refractivity contribution in [2.75, 3.05) is 0 Å². The minimum absolute atomic E-state index is 0.0796. The second kappa shape index (κ2) is 9.10. The summed E-state index contributed by atoms with van der Waals surface area (Å²) in [6.07, 6.45) is 0. The number of rotatable bonds is 6. The molecule has 0 saturated heterocycles. The molecule has 0 bridgehead atoms. The van der Waals surface area contributed by atoms with E-state index in [2.05, 4.69) is 0 Å². The van der Waals surface area contributed by atoms with Crippen molar-refractivity contribution in [2.24, 2.45) is 0 Å². The fourth-order valence-electron chi connectivity index (χ4n) is 2.83. The molecule has 29 heavy (non-hydrogen) atoms. The molecule has 0 fully saturated rings. The Kier molecular flexibility index (Phi) is 6.34. The van der Waals surface area contributed by atoms with Gasteiger partial charge in [-0.15, -0.1) is 0 Å². The number of hydrogen-bond acceptors (Lipinski definition) is 4. The van der Waals surface area contributed by atoms with Gasteiger partial charge in [0.15, 0.2) is 0 Å². The molecule has 0 spiro atoms. The standard InChI is InChI=1S/C23H18F2O4/c1-15-20(22(26)28-13-16-8-4-2-5-9-16)18(24)12-19(25)21(15)23(27)29-14-17-10-6-3-7-11-17/h2-12H,13-14H2,1H3. The molecule has 3 aromatic carbocycles. The number of esters is 2. The van der Waals surface area contributed by atoms with Gasteiger partial charge in [0.2, 0.25) is 0 Å². The van der Waals surface area contributed by atoms with Gasteiger partial charge in [0, 0.05) is 6.07 Å². The van der Waals surface area contributed by atoms with Crippen molar-refractivity contribution < 1.29 is 27.8 Å². The molecule has 0 radical (unpaired) electrons. The van der Waals surface area contributed by atoms with Crippen LogP contribution in [0.3, 0.4) is 0 Å². The Morgan fingerprint density at radius 2 is 1.10 bits per heavy atom. The largest absolute Gasteiger partial charge is 0.457 e. The average molecular weight is 396 g/mol. The first-order chi connectivity index (χ1) is 14.0. The van der Waals surface area contributed by atoms with E-state index in [1.165, 1.54) is 6.92 Å². The molecule has 0 atom stereocenters. The summed E-state index contributed by atoms with van der Waals surface area (Å²) in [5, 5.41) is 0. The molecule has 0 amide bonds. The molecule has 148 valence electrons. The van der Waals surface area contributed by atoms with Crippen molar-refractivity contribution in [1.82, 2.24) is 0 Å². The number of hydrogen-bond donors (Lipinski definition) is 0. The van der Waals surface area contributed by atoms with Gasteiger partial charge in [-0.25, -0.2) is 18.4 Å². The van der Waals surface area contributed by atoms with E-state index >= 15 is 0 Å². The summed E-state index contributed by atoms with van der Waals surface area (Å²) >= 11 is 0. The molecular weight excluding hydrogens is 378 g/mol. The molecule has 0 unspecified atom stereocenters. The molecule has 4 nitrogen and oxygen atoms in total. The fourth-order valence-corrected chi connectivity index (χ4v) is 2.83. The third-order valence-electron chi connectivity index (χ3n) is 4.31. The van der Waals surface area contributed by atoms with Gasteiger partial charge in [-0.2, -0.15) is 0 Å². The molecule has 0 saturated carbocycles. The molecule has 3 rings (SSSR count). The smallest absolute Gasteiger partial charge is 0.341 e. The molecule has 0 heterocycles. The van der Waals surface area contributed by atoms with E-state index in [0.29, 0.717) is 17.2 Å². The second-order valence-electron chi connectivity index (χ2n) is 6.34. The van der Waals surface area contributed by atoms with Crippen LogP contribution >= 0.6 is 0 Å². The minimum atomic E-state index is -1.10. The molecule has 6 heteroatoms. The number of carbonyl (C=O) groups excluding carboxylic acids is 2. The lowest BCUT2D eigenvalue weighted by Crippen LogP contribution is -2.16. The average Bonchev–Trinajstić information content (AvgIpc) is 2.72. The minimum Gasteiger partial charge on any atom is -0.457 e. The van der Waals surface area contributed by atoms with Gasteiger partial charge in [-0.3, -0.25) is 0 Å². The SMILES string of the molecule is Cc1c(C(=O)OCc2ccccc2)c(F)cc(F)c1C(=O)OCc1ccccc1. The lowest BCUT2D eigenvalue weighted by Gasteiger charge is -2.13. The first-order valence-corrected chi connectivity index (χ1v) is 8.88. The number of ether oxygens (including phenoxy) is 2. The van der Waals surface area contributed by atoms with E-state index in [4.69, 9.17) is 9.47 Å². The molecule has 0 N–H and O–H groups in total. The van der Waals surface area contributed by atoms with Crippen LogP contribution in [0.1, 0.15) is 37.4 Å². The summed E-state index contributed by atoms with van der Waals surface area (Å²) < 4.78 is 38.8. The summed E-state index contributed by atoms with van der Waals surface area (Å²) in [7, 11) is 0. The van der Waals surface area contributed by atoms with Crippen LogP contribution < -0.4 is 0 Å². The summed E-state index contributed by atoms with van der Waals surface area (Å²) in [4.78, 5) is 24.8. The maximum atomic E-state index is 14.3. The lowest BCUT2D eigenvalue weighted by atomic mass is 10.0. The predicted octanol–water partition coefficient (Wildman–Crippen LogP) is 4.99.